The van der Waals surface area contributed by atoms with Gasteiger partial charge in [-0.25, -0.2) is 0 Å². The van der Waals surface area contributed by atoms with Gasteiger partial charge in [0, 0.05) is 27.7 Å². The normalized spacial score (nSPS) is 10.9. The minimum absolute atomic E-state index is 0.154. The van der Waals surface area contributed by atoms with Crippen molar-refractivity contribution in [2.24, 2.45) is 0 Å². The van der Waals surface area contributed by atoms with Crippen LogP contribution in [-0.4, -0.2) is 20.1 Å². The Balaban J connectivity index is 1.77. The van der Waals surface area contributed by atoms with Crippen molar-refractivity contribution in [3.8, 4) is 23.3 Å². The number of hydrogen-bond donors (Lipinski definition) is 1. The molecule has 3 aromatic rings. The van der Waals surface area contributed by atoms with Crippen molar-refractivity contribution in [1.82, 2.24) is 0 Å². The minimum Gasteiger partial charge on any atom is -0.495 e. The zero-order valence-electron chi connectivity index (χ0n) is 18.5. The maximum Gasteiger partial charge on any atom is 0.266 e. The molecule has 0 saturated carbocycles. The first kappa shape index (κ1) is 26.5. The van der Waals surface area contributed by atoms with Crippen LogP contribution in [0.4, 0.5) is 5.69 Å². The van der Waals surface area contributed by atoms with Gasteiger partial charge < -0.3 is 19.5 Å². The third kappa shape index (κ3) is 6.74. The van der Waals surface area contributed by atoms with Crippen LogP contribution in [0.25, 0.3) is 6.08 Å². The lowest BCUT2D eigenvalue weighted by Gasteiger charge is -2.13. The largest absolute Gasteiger partial charge is 0.495 e. The first-order valence-electron chi connectivity index (χ1n) is 9.96. The van der Waals surface area contributed by atoms with Crippen molar-refractivity contribution >= 4 is 64.1 Å². The molecule has 0 heterocycles. The summed E-state index contributed by atoms with van der Waals surface area (Å²) < 4.78 is 16.2. The number of anilines is 1. The Morgan fingerprint density at radius 2 is 1.63 bits per heavy atom. The molecule has 35 heavy (non-hydrogen) atoms. The van der Waals surface area contributed by atoms with E-state index in [-0.39, 0.29) is 12.2 Å². The van der Waals surface area contributed by atoms with Crippen LogP contribution in [0.1, 0.15) is 11.1 Å². The summed E-state index contributed by atoms with van der Waals surface area (Å²) in [6, 6.07) is 14.9. The van der Waals surface area contributed by atoms with Crippen molar-refractivity contribution in [3.63, 3.8) is 0 Å². The van der Waals surface area contributed by atoms with Gasteiger partial charge in [-0.05, 0) is 35.9 Å². The van der Waals surface area contributed by atoms with Crippen LogP contribution in [0.3, 0.4) is 0 Å². The quantitative estimate of drug-likeness (QED) is 0.232. The average Bonchev–Trinajstić information content (AvgIpc) is 2.83. The summed E-state index contributed by atoms with van der Waals surface area (Å²) in [4.78, 5) is 12.8. The van der Waals surface area contributed by atoms with Gasteiger partial charge in [-0.3, -0.25) is 4.79 Å². The molecule has 0 radical (unpaired) electrons. The van der Waals surface area contributed by atoms with Gasteiger partial charge in [0.25, 0.3) is 5.91 Å². The highest BCUT2D eigenvalue weighted by Gasteiger charge is 2.16. The molecule has 1 amide bonds. The summed E-state index contributed by atoms with van der Waals surface area (Å²) in [5.74, 6) is 0.416. The maximum atomic E-state index is 12.8. The summed E-state index contributed by atoms with van der Waals surface area (Å²) in [5, 5.41) is 13.8. The molecular formula is C25H18Cl4N2O4. The van der Waals surface area contributed by atoms with Crippen molar-refractivity contribution in [1.29, 1.82) is 5.26 Å². The molecule has 0 saturated heterocycles. The van der Waals surface area contributed by atoms with Gasteiger partial charge >= 0.3 is 0 Å². The molecule has 0 bridgehead atoms. The molecule has 0 aliphatic rings. The molecular weight excluding hydrogens is 534 g/mol. The number of hydrogen-bond acceptors (Lipinski definition) is 5. The van der Waals surface area contributed by atoms with E-state index in [4.69, 9.17) is 60.6 Å². The number of nitrogens with one attached hydrogen (secondary N) is 1. The Hall–Kier alpha value is -3.08. The molecule has 0 spiro atoms. The van der Waals surface area contributed by atoms with Gasteiger partial charge in [0.1, 0.15) is 35.5 Å². The second-order valence-electron chi connectivity index (χ2n) is 7.03. The molecule has 0 aromatic heterocycles. The van der Waals surface area contributed by atoms with Crippen molar-refractivity contribution in [3.05, 3.63) is 85.3 Å². The van der Waals surface area contributed by atoms with E-state index < -0.39 is 5.91 Å². The molecule has 180 valence electrons. The first-order chi connectivity index (χ1) is 16.7. The molecule has 0 aliphatic carbocycles. The minimum atomic E-state index is -0.649. The lowest BCUT2D eigenvalue weighted by molar-refractivity contribution is -0.112. The standard InChI is InChI=1S/C25H18Cl4N2O4/c1-33-23-11-21(24(34-2)10-20(23)29)31-25(32)16(12-30)7-14-3-6-22(19(28)8-14)35-13-15-4-5-17(26)9-18(15)27/h3-11H,13H2,1-2H3,(H,31,32)/b16-7+. The molecule has 0 atom stereocenters. The number of carbonyl (C=O) groups excluding carboxylic acids is 1. The van der Waals surface area contributed by atoms with E-state index in [1.807, 2.05) is 6.07 Å². The molecule has 0 aliphatic heterocycles. The van der Waals surface area contributed by atoms with Crippen molar-refractivity contribution in [2.75, 3.05) is 19.5 Å². The van der Waals surface area contributed by atoms with E-state index in [2.05, 4.69) is 5.32 Å². The Morgan fingerprint density at radius 1 is 0.914 bits per heavy atom. The number of methoxy groups -OCH3 is 2. The predicted molar refractivity (Wildman–Crippen MR) is 139 cm³/mol. The number of halogens is 4. The maximum absolute atomic E-state index is 12.8. The lowest BCUT2D eigenvalue weighted by atomic mass is 10.1. The van der Waals surface area contributed by atoms with Gasteiger partial charge in [-0.2, -0.15) is 5.26 Å². The van der Waals surface area contributed by atoms with Gasteiger partial charge in [-0.15, -0.1) is 0 Å². The number of amides is 1. The van der Waals surface area contributed by atoms with Crippen molar-refractivity contribution < 1.29 is 19.0 Å². The highest BCUT2D eigenvalue weighted by Crippen LogP contribution is 2.36. The van der Waals surface area contributed by atoms with E-state index >= 15 is 0 Å². The van der Waals surface area contributed by atoms with Crippen LogP contribution in [0.2, 0.25) is 20.1 Å². The Bertz CT molecular complexity index is 1340. The second kappa shape index (κ2) is 12.1. The highest BCUT2D eigenvalue weighted by atomic mass is 35.5. The van der Waals surface area contributed by atoms with Gasteiger partial charge in [0.15, 0.2) is 0 Å². The lowest BCUT2D eigenvalue weighted by Crippen LogP contribution is -2.14. The summed E-state index contributed by atoms with van der Waals surface area (Å²) in [7, 11) is 2.88. The number of carbonyl (C=O) groups is 1. The van der Waals surface area contributed by atoms with Crippen LogP contribution >= 0.6 is 46.4 Å². The fourth-order valence-corrected chi connectivity index (χ4v) is 3.92. The van der Waals surface area contributed by atoms with Crippen LogP contribution < -0.4 is 19.5 Å². The molecule has 1 N–H and O–H groups in total. The fraction of sp³-hybridized carbons (Fsp3) is 0.120. The third-order valence-electron chi connectivity index (χ3n) is 4.75. The summed E-state index contributed by atoms with van der Waals surface area (Å²) in [6.07, 6.45) is 1.40. The zero-order chi connectivity index (χ0) is 25.5. The molecule has 6 nitrogen and oxygen atoms in total. The summed E-state index contributed by atoms with van der Waals surface area (Å²) in [5.41, 5.74) is 1.41. The Morgan fingerprint density at radius 3 is 2.26 bits per heavy atom. The van der Waals surface area contributed by atoms with E-state index in [9.17, 15) is 10.1 Å². The second-order valence-corrected chi connectivity index (χ2v) is 8.68. The molecule has 3 aromatic carbocycles. The molecule has 0 fully saturated rings. The van der Waals surface area contributed by atoms with E-state index in [1.54, 1.807) is 36.4 Å². The Labute approximate surface area is 222 Å². The smallest absolute Gasteiger partial charge is 0.266 e. The van der Waals surface area contributed by atoms with Gasteiger partial charge in [-0.1, -0.05) is 58.5 Å². The SMILES string of the molecule is COc1cc(NC(=O)/C(C#N)=C/c2ccc(OCc3ccc(Cl)cc3Cl)c(Cl)c2)c(OC)cc1Cl. The van der Waals surface area contributed by atoms with Gasteiger partial charge in [0.2, 0.25) is 0 Å². The first-order valence-corrected chi connectivity index (χ1v) is 11.5. The van der Waals surface area contributed by atoms with E-state index in [0.717, 1.165) is 5.56 Å². The number of nitrogens with zero attached hydrogens (tertiary/aromatic N) is 1. The number of ether oxygens (including phenoxy) is 3. The van der Waals surface area contributed by atoms with Crippen LogP contribution in [0.5, 0.6) is 17.2 Å². The van der Waals surface area contributed by atoms with Crippen LogP contribution in [0, 0.1) is 11.3 Å². The van der Waals surface area contributed by atoms with Crippen molar-refractivity contribution in [2.45, 2.75) is 6.61 Å². The van der Waals surface area contributed by atoms with Crippen LogP contribution in [0.15, 0.2) is 54.1 Å². The summed E-state index contributed by atoms with van der Waals surface area (Å²) >= 11 is 24.5. The molecule has 0 unspecified atom stereocenters. The van der Waals surface area contributed by atoms with E-state index in [0.29, 0.717) is 48.6 Å². The fourth-order valence-electron chi connectivity index (χ4n) is 2.98. The summed E-state index contributed by atoms with van der Waals surface area (Å²) in [6.45, 7) is 0.184. The van der Waals surface area contributed by atoms with Gasteiger partial charge in [0.05, 0.1) is 30.0 Å². The molecule has 3 rings (SSSR count). The monoisotopic (exact) mass is 550 g/mol. The number of benzene rings is 3. The number of rotatable bonds is 8. The number of nitriles is 1. The van der Waals surface area contributed by atoms with Crippen LogP contribution in [-0.2, 0) is 11.4 Å². The average molecular weight is 552 g/mol. The topological polar surface area (TPSA) is 80.6 Å². The van der Waals surface area contributed by atoms with E-state index in [1.165, 1.54) is 32.4 Å². The zero-order valence-corrected chi connectivity index (χ0v) is 21.5. The highest BCUT2D eigenvalue weighted by molar-refractivity contribution is 6.35. The molecule has 10 heteroatoms. The Kier molecular flexibility index (Phi) is 9.13. The third-order valence-corrected chi connectivity index (χ3v) is 5.93. The predicted octanol–water partition coefficient (Wildman–Crippen LogP) is 7.44.